The second-order valence-corrected chi connectivity index (χ2v) is 9.58. The summed E-state index contributed by atoms with van der Waals surface area (Å²) in [6, 6.07) is 7.13. The maximum Gasteiger partial charge on any atom is 0.387 e. The van der Waals surface area contributed by atoms with Gasteiger partial charge in [0.2, 0.25) is 11.7 Å². The summed E-state index contributed by atoms with van der Waals surface area (Å²) >= 11 is 0. The van der Waals surface area contributed by atoms with Crippen LogP contribution in [0.1, 0.15) is 29.8 Å². The summed E-state index contributed by atoms with van der Waals surface area (Å²) in [4.78, 5) is 35.2. The Bertz CT molecular complexity index is 1610. The molecule has 3 N–H and O–H groups in total. The number of aryl methyl sites for hydroxylation is 1. The van der Waals surface area contributed by atoms with Gasteiger partial charge in [-0.25, -0.2) is 14.4 Å². The number of ether oxygens (including phenoxy) is 1. The molecule has 2 heterocycles. The predicted molar refractivity (Wildman–Crippen MR) is 148 cm³/mol. The van der Waals surface area contributed by atoms with Gasteiger partial charge in [-0.15, -0.1) is 0 Å². The average Bonchev–Trinajstić information content (AvgIpc) is 3.35. The first kappa shape index (κ1) is 30.2. The molecule has 222 valence electrons. The highest BCUT2D eigenvalue weighted by Gasteiger charge is 2.21. The molecule has 10 nitrogen and oxygen atoms in total. The van der Waals surface area contributed by atoms with Crippen LogP contribution in [0, 0.1) is 11.6 Å². The van der Waals surface area contributed by atoms with Gasteiger partial charge >= 0.3 is 6.61 Å². The van der Waals surface area contributed by atoms with Crippen molar-refractivity contribution >= 4 is 29.0 Å². The molecule has 2 aromatic carbocycles. The first-order valence-corrected chi connectivity index (χ1v) is 12.9. The maximum atomic E-state index is 14.8. The minimum atomic E-state index is -3.30. The molecule has 0 spiro atoms. The highest BCUT2D eigenvalue weighted by Crippen LogP contribution is 2.32. The van der Waals surface area contributed by atoms with Crippen molar-refractivity contribution in [2.75, 3.05) is 26.0 Å². The van der Waals surface area contributed by atoms with Crippen LogP contribution in [-0.4, -0.2) is 64.5 Å². The zero-order chi connectivity index (χ0) is 30.6. The molecular formula is C28H29F4N7O3. The van der Waals surface area contributed by atoms with Crippen molar-refractivity contribution in [1.29, 1.82) is 0 Å². The van der Waals surface area contributed by atoms with Gasteiger partial charge in [0.1, 0.15) is 0 Å². The number of hydrogen-bond acceptors (Lipinski definition) is 7. The maximum absolute atomic E-state index is 14.8. The fourth-order valence-corrected chi connectivity index (χ4v) is 4.33. The minimum absolute atomic E-state index is 0.156. The fourth-order valence-electron chi connectivity index (χ4n) is 4.33. The number of hydrogen-bond donors (Lipinski definition) is 3. The van der Waals surface area contributed by atoms with Gasteiger partial charge in [-0.2, -0.15) is 13.2 Å². The Labute approximate surface area is 238 Å². The van der Waals surface area contributed by atoms with E-state index in [1.807, 2.05) is 6.92 Å². The number of halogens is 4. The molecule has 4 rings (SSSR count). The van der Waals surface area contributed by atoms with Gasteiger partial charge in [0.05, 0.1) is 24.6 Å². The van der Waals surface area contributed by atoms with Crippen LogP contribution in [-0.2, 0) is 11.2 Å². The summed E-state index contributed by atoms with van der Waals surface area (Å²) < 4.78 is 59.7. The molecular weight excluding hydrogens is 558 g/mol. The van der Waals surface area contributed by atoms with Crippen molar-refractivity contribution in [3.8, 4) is 17.0 Å². The summed E-state index contributed by atoms with van der Waals surface area (Å²) in [6.07, 6.45) is 4.16. The van der Waals surface area contributed by atoms with Crippen LogP contribution in [0.3, 0.4) is 0 Å². The Balaban J connectivity index is 1.55. The number of anilines is 2. The number of carbonyl (C=O) groups is 2. The van der Waals surface area contributed by atoms with Gasteiger partial charge in [-0.05, 0) is 63.3 Å². The Morgan fingerprint density at radius 2 is 1.83 bits per heavy atom. The second-order valence-electron chi connectivity index (χ2n) is 9.58. The van der Waals surface area contributed by atoms with Gasteiger partial charge in [0.25, 0.3) is 5.91 Å². The quantitative estimate of drug-likeness (QED) is 0.177. The van der Waals surface area contributed by atoms with E-state index < -0.39 is 30.2 Å². The molecule has 0 aliphatic heterocycles. The number of aromatic nitrogens is 3. The van der Waals surface area contributed by atoms with Crippen molar-refractivity contribution in [2.24, 2.45) is 0 Å². The van der Waals surface area contributed by atoms with Gasteiger partial charge in [-0.1, -0.05) is 6.92 Å². The number of benzene rings is 2. The normalized spacial score (nSPS) is 12.0. The molecule has 0 saturated carbocycles. The third-order valence-electron chi connectivity index (χ3n) is 6.15. The highest BCUT2D eigenvalue weighted by atomic mass is 19.3. The van der Waals surface area contributed by atoms with Crippen LogP contribution in [0.5, 0.6) is 5.75 Å². The first-order chi connectivity index (χ1) is 20.0. The molecule has 1 unspecified atom stereocenters. The number of likely N-dealkylation sites (N-methyl/N-ethyl adjacent to an activating group) is 1. The molecule has 0 bridgehead atoms. The van der Waals surface area contributed by atoms with E-state index in [9.17, 15) is 27.2 Å². The Hall–Kier alpha value is -4.72. The first-order valence-electron chi connectivity index (χ1n) is 12.9. The number of alkyl halides is 2. The number of nitrogens with one attached hydrogen (secondary N) is 3. The zero-order valence-corrected chi connectivity index (χ0v) is 23.2. The molecule has 14 heteroatoms. The molecule has 0 radical (unpaired) electrons. The zero-order valence-electron chi connectivity index (χ0n) is 23.2. The molecule has 0 fully saturated rings. The van der Waals surface area contributed by atoms with Crippen molar-refractivity contribution in [3.63, 3.8) is 0 Å². The van der Waals surface area contributed by atoms with Gasteiger partial charge < -0.3 is 25.6 Å². The Morgan fingerprint density at radius 1 is 1.07 bits per heavy atom. The number of nitrogens with zero attached hydrogens (tertiary/aromatic N) is 4. The third-order valence-corrected chi connectivity index (χ3v) is 6.15. The number of imidazole rings is 1. The van der Waals surface area contributed by atoms with E-state index in [0.29, 0.717) is 23.5 Å². The molecule has 42 heavy (non-hydrogen) atoms. The lowest BCUT2D eigenvalue weighted by molar-refractivity contribution is -0.122. The number of fused-ring (bicyclic) bond motifs is 1. The van der Waals surface area contributed by atoms with E-state index in [2.05, 4.69) is 30.7 Å². The minimum Gasteiger partial charge on any atom is -0.432 e. The number of carbonyl (C=O) groups excluding carboxylic acids is 2. The molecule has 0 aliphatic rings. The standard InChI is InChI=1S/C28H29F4N7O3/c1-5-16-12-17(6-7-18(16)27(41)36-15(2)35-22(40)14-38(3)4)37-25-26-34-13-20(39(26)11-10-33-25)19-8-9-21(42-28(31)32)24(30)23(19)29/h6-13,15,28H,5,14H2,1-4H3,(H,33,37)(H,35,40)(H,36,41). The van der Waals surface area contributed by atoms with Crippen molar-refractivity contribution in [3.05, 3.63) is 71.7 Å². The molecule has 2 amide bonds. The lowest BCUT2D eigenvalue weighted by Gasteiger charge is -2.19. The largest absolute Gasteiger partial charge is 0.432 e. The predicted octanol–water partition coefficient (Wildman–Crippen LogP) is 4.34. The van der Waals surface area contributed by atoms with Gasteiger partial charge in [0.15, 0.2) is 23.0 Å². The van der Waals surface area contributed by atoms with Crippen LogP contribution in [0.25, 0.3) is 16.9 Å². The smallest absolute Gasteiger partial charge is 0.387 e. The fraction of sp³-hybridized carbons (Fsp3) is 0.286. The van der Waals surface area contributed by atoms with Crippen LogP contribution < -0.4 is 20.7 Å². The Kier molecular flexibility index (Phi) is 9.25. The summed E-state index contributed by atoms with van der Waals surface area (Å²) in [7, 11) is 3.53. The van der Waals surface area contributed by atoms with Crippen molar-refractivity contribution < 1.29 is 31.9 Å². The number of rotatable bonds is 11. The van der Waals surface area contributed by atoms with E-state index >= 15 is 0 Å². The monoisotopic (exact) mass is 587 g/mol. The lowest BCUT2D eigenvalue weighted by Crippen LogP contribution is -2.48. The summed E-state index contributed by atoms with van der Waals surface area (Å²) in [5, 5.41) is 8.62. The van der Waals surface area contributed by atoms with Crippen LogP contribution >= 0.6 is 0 Å². The van der Waals surface area contributed by atoms with E-state index in [1.165, 1.54) is 23.0 Å². The molecule has 4 aromatic rings. The second kappa shape index (κ2) is 12.9. The number of amides is 2. The Morgan fingerprint density at radius 3 is 2.52 bits per heavy atom. The van der Waals surface area contributed by atoms with Crippen molar-refractivity contribution in [2.45, 2.75) is 33.0 Å². The van der Waals surface area contributed by atoms with Crippen LogP contribution in [0.15, 0.2) is 48.9 Å². The van der Waals surface area contributed by atoms with Crippen molar-refractivity contribution in [1.82, 2.24) is 29.9 Å². The lowest BCUT2D eigenvalue weighted by atomic mass is 10.0. The van der Waals surface area contributed by atoms with Gasteiger partial charge in [-0.3, -0.25) is 14.0 Å². The molecule has 0 aliphatic carbocycles. The van der Waals surface area contributed by atoms with E-state index in [0.717, 1.165) is 17.7 Å². The van der Waals surface area contributed by atoms with Crippen LogP contribution in [0.2, 0.25) is 0 Å². The molecule has 2 aromatic heterocycles. The summed E-state index contributed by atoms with van der Waals surface area (Å²) in [5.74, 6) is -4.10. The highest BCUT2D eigenvalue weighted by molar-refractivity contribution is 5.96. The van der Waals surface area contributed by atoms with E-state index in [-0.39, 0.29) is 35.3 Å². The topological polar surface area (TPSA) is 113 Å². The molecule has 1 atom stereocenters. The SMILES string of the molecule is CCc1cc(Nc2nccn3c(-c4ccc(OC(F)F)c(F)c4F)cnc23)ccc1C(=O)NC(C)NC(=O)CN(C)C. The summed E-state index contributed by atoms with van der Waals surface area (Å²) in [6.45, 7) is 0.447. The van der Waals surface area contributed by atoms with E-state index in [4.69, 9.17) is 0 Å². The summed E-state index contributed by atoms with van der Waals surface area (Å²) in [5.41, 5.74) is 1.97. The molecule has 0 saturated heterocycles. The van der Waals surface area contributed by atoms with Crippen LogP contribution in [0.4, 0.5) is 29.1 Å². The van der Waals surface area contributed by atoms with E-state index in [1.54, 1.807) is 44.1 Å². The average molecular weight is 588 g/mol. The third kappa shape index (κ3) is 6.77. The van der Waals surface area contributed by atoms with Gasteiger partial charge in [0, 0.05) is 29.2 Å².